The number of aromatic nitrogens is 2. The van der Waals surface area contributed by atoms with Crippen molar-refractivity contribution in [1.29, 1.82) is 0 Å². The number of rotatable bonds is 3. The quantitative estimate of drug-likeness (QED) is 0.756. The van der Waals surface area contributed by atoms with Crippen molar-refractivity contribution in [3.05, 3.63) is 16.4 Å². The number of nitrogens with zero attached hydrogens (tertiary/aromatic N) is 2. The molecule has 0 fully saturated rings. The van der Waals surface area contributed by atoms with Gasteiger partial charge in [-0.25, -0.2) is 0 Å². The summed E-state index contributed by atoms with van der Waals surface area (Å²) in [5.74, 6) is -0.224. The molecule has 0 saturated heterocycles. The van der Waals surface area contributed by atoms with Crippen LogP contribution in [0.1, 0.15) is 12.6 Å². The van der Waals surface area contributed by atoms with Gasteiger partial charge in [-0.15, -0.1) is 0 Å². The van der Waals surface area contributed by atoms with E-state index in [0.29, 0.717) is 6.61 Å². The average Bonchev–Trinajstić information content (AvgIpc) is 2.30. The molecule has 0 radical (unpaired) electrons. The molecule has 0 aliphatic heterocycles. The summed E-state index contributed by atoms with van der Waals surface area (Å²) in [5.41, 5.74) is 0.838. The SMILES string of the molecule is CCOC(=O)Cc1cc(Br)nn1C. The van der Waals surface area contributed by atoms with Crippen molar-refractivity contribution >= 4 is 21.9 Å². The number of carbonyl (C=O) groups is 1. The number of ether oxygens (including phenoxy) is 1. The zero-order chi connectivity index (χ0) is 9.84. The Balaban J connectivity index is 2.63. The molecule has 1 heterocycles. The zero-order valence-electron chi connectivity index (χ0n) is 7.58. The van der Waals surface area contributed by atoms with E-state index in [2.05, 4.69) is 21.0 Å². The predicted octanol–water partition coefficient (Wildman–Crippen LogP) is 1.29. The number of hydrogen-bond acceptors (Lipinski definition) is 3. The van der Waals surface area contributed by atoms with Gasteiger partial charge in [0, 0.05) is 7.05 Å². The second-order valence-corrected chi connectivity index (χ2v) is 3.38. The normalized spacial score (nSPS) is 10.1. The van der Waals surface area contributed by atoms with Gasteiger partial charge in [0.2, 0.25) is 0 Å². The highest BCUT2D eigenvalue weighted by Crippen LogP contribution is 2.10. The molecule has 0 aliphatic rings. The minimum Gasteiger partial charge on any atom is -0.466 e. The average molecular weight is 247 g/mol. The van der Waals surface area contributed by atoms with Crippen LogP contribution in [0.3, 0.4) is 0 Å². The van der Waals surface area contributed by atoms with Crippen LogP contribution >= 0.6 is 15.9 Å². The van der Waals surface area contributed by atoms with Crippen LogP contribution in [0, 0.1) is 0 Å². The molecule has 1 rings (SSSR count). The van der Waals surface area contributed by atoms with Gasteiger partial charge >= 0.3 is 5.97 Å². The standard InChI is InChI=1S/C8H11BrN2O2/c1-3-13-8(12)5-6-4-7(9)10-11(6)2/h4H,3,5H2,1-2H3. The Bertz CT molecular complexity index is 309. The summed E-state index contributed by atoms with van der Waals surface area (Å²) >= 11 is 3.23. The first-order chi connectivity index (χ1) is 6.13. The molecule has 0 aliphatic carbocycles. The van der Waals surface area contributed by atoms with Crippen LogP contribution in [-0.4, -0.2) is 22.4 Å². The smallest absolute Gasteiger partial charge is 0.311 e. The molecule has 1 aromatic rings. The highest BCUT2D eigenvalue weighted by atomic mass is 79.9. The van der Waals surface area contributed by atoms with E-state index in [-0.39, 0.29) is 12.4 Å². The molecular formula is C8H11BrN2O2. The molecule has 0 unspecified atom stereocenters. The van der Waals surface area contributed by atoms with Crippen molar-refractivity contribution in [1.82, 2.24) is 9.78 Å². The van der Waals surface area contributed by atoms with Gasteiger partial charge in [-0.05, 0) is 28.9 Å². The molecule has 0 N–H and O–H groups in total. The van der Waals surface area contributed by atoms with Crippen molar-refractivity contribution < 1.29 is 9.53 Å². The Morgan fingerprint density at radius 3 is 2.92 bits per heavy atom. The molecule has 0 spiro atoms. The van der Waals surface area contributed by atoms with E-state index in [4.69, 9.17) is 4.74 Å². The van der Waals surface area contributed by atoms with Crippen molar-refractivity contribution in [2.24, 2.45) is 7.05 Å². The van der Waals surface area contributed by atoms with E-state index in [1.54, 1.807) is 24.7 Å². The fourth-order valence-corrected chi connectivity index (χ4v) is 1.49. The molecule has 4 nitrogen and oxygen atoms in total. The van der Waals surface area contributed by atoms with E-state index >= 15 is 0 Å². The fraction of sp³-hybridized carbons (Fsp3) is 0.500. The maximum Gasteiger partial charge on any atom is 0.311 e. The van der Waals surface area contributed by atoms with Crippen molar-refractivity contribution in [2.45, 2.75) is 13.3 Å². The number of hydrogen-bond donors (Lipinski definition) is 0. The van der Waals surface area contributed by atoms with Gasteiger partial charge in [-0.2, -0.15) is 5.10 Å². The number of esters is 1. The Labute approximate surface area is 85.0 Å². The molecule has 5 heteroatoms. The Morgan fingerprint density at radius 1 is 1.77 bits per heavy atom. The second kappa shape index (κ2) is 4.41. The van der Waals surface area contributed by atoms with Crippen LogP contribution < -0.4 is 0 Å². The van der Waals surface area contributed by atoms with Crippen molar-refractivity contribution in [3.63, 3.8) is 0 Å². The largest absolute Gasteiger partial charge is 0.466 e. The van der Waals surface area contributed by atoms with Crippen molar-refractivity contribution in [3.8, 4) is 0 Å². The third-order valence-electron chi connectivity index (χ3n) is 1.58. The summed E-state index contributed by atoms with van der Waals surface area (Å²) < 4.78 is 7.20. The molecule has 1 aromatic heterocycles. The molecule has 72 valence electrons. The number of aryl methyl sites for hydroxylation is 1. The molecule has 0 aromatic carbocycles. The molecule has 0 saturated carbocycles. The zero-order valence-corrected chi connectivity index (χ0v) is 9.17. The second-order valence-electron chi connectivity index (χ2n) is 2.56. The Hall–Kier alpha value is -0.840. The van der Waals surface area contributed by atoms with E-state index in [0.717, 1.165) is 10.3 Å². The first-order valence-corrected chi connectivity index (χ1v) is 4.76. The summed E-state index contributed by atoms with van der Waals surface area (Å²) in [6.07, 6.45) is 0.267. The van der Waals surface area contributed by atoms with Crippen LogP contribution in [0.2, 0.25) is 0 Å². The van der Waals surface area contributed by atoms with Gasteiger partial charge in [0.05, 0.1) is 18.7 Å². The highest BCUT2D eigenvalue weighted by Gasteiger charge is 2.08. The molecule has 0 bridgehead atoms. The van der Waals surface area contributed by atoms with Crippen LogP contribution in [-0.2, 0) is 23.0 Å². The monoisotopic (exact) mass is 246 g/mol. The lowest BCUT2D eigenvalue weighted by Gasteiger charge is -2.01. The van der Waals surface area contributed by atoms with Crippen molar-refractivity contribution in [2.75, 3.05) is 6.61 Å². The molecular weight excluding hydrogens is 236 g/mol. The van der Waals surface area contributed by atoms with Crippen LogP contribution in [0.25, 0.3) is 0 Å². The predicted molar refractivity (Wildman–Crippen MR) is 51.2 cm³/mol. The van der Waals surface area contributed by atoms with Crippen LogP contribution in [0.15, 0.2) is 10.7 Å². The van der Waals surface area contributed by atoms with Crippen LogP contribution in [0.4, 0.5) is 0 Å². The van der Waals surface area contributed by atoms with Gasteiger partial charge < -0.3 is 4.74 Å². The van der Waals surface area contributed by atoms with E-state index in [1.807, 2.05) is 0 Å². The van der Waals surface area contributed by atoms with Gasteiger partial charge in [-0.3, -0.25) is 9.48 Å². The highest BCUT2D eigenvalue weighted by molar-refractivity contribution is 9.10. The molecule has 0 atom stereocenters. The van der Waals surface area contributed by atoms with Gasteiger partial charge in [0.15, 0.2) is 0 Å². The summed E-state index contributed by atoms with van der Waals surface area (Å²) in [6, 6.07) is 1.80. The summed E-state index contributed by atoms with van der Waals surface area (Å²) in [7, 11) is 1.79. The lowest BCUT2D eigenvalue weighted by molar-refractivity contribution is -0.142. The maximum absolute atomic E-state index is 11.1. The van der Waals surface area contributed by atoms with E-state index in [1.165, 1.54) is 0 Å². The van der Waals surface area contributed by atoms with E-state index in [9.17, 15) is 4.79 Å². The summed E-state index contributed by atoms with van der Waals surface area (Å²) in [4.78, 5) is 11.1. The first kappa shape index (κ1) is 10.2. The maximum atomic E-state index is 11.1. The lowest BCUT2D eigenvalue weighted by atomic mass is 10.3. The minimum absolute atomic E-state index is 0.224. The van der Waals surface area contributed by atoms with E-state index < -0.39 is 0 Å². The van der Waals surface area contributed by atoms with Crippen LogP contribution in [0.5, 0.6) is 0 Å². The first-order valence-electron chi connectivity index (χ1n) is 3.97. The topological polar surface area (TPSA) is 44.1 Å². The number of carbonyl (C=O) groups excluding carboxylic acids is 1. The number of halogens is 1. The lowest BCUT2D eigenvalue weighted by Crippen LogP contribution is -2.10. The third-order valence-corrected chi connectivity index (χ3v) is 1.97. The summed E-state index contributed by atoms with van der Waals surface area (Å²) in [5, 5.41) is 4.05. The van der Waals surface area contributed by atoms with Gasteiger partial charge in [-0.1, -0.05) is 0 Å². The Morgan fingerprint density at radius 2 is 2.46 bits per heavy atom. The third kappa shape index (κ3) is 2.84. The summed E-state index contributed by atoms with van der Waals surface area (Å²) in [6.45, 7) is 2.20. The van der Waals surface area contributed by atoms with Gasteiger partial charge in [0.25, 0.3) is 0 Å². The Kier molecular flexibility index (Phi) is 3.48. The minimum atomic E-state index is -0.224. The fourth-order valence-electron chi connectivity index (χ4n) is 0.993. The molecule has 0 amide bonds. The van der Waals surface area contributed by atoms with Gasteiger partial charge in [0.1, 0.15) is 4.60 Å². The molecule has 13 heavy (non-hydrogen) atoms.